The highest BCUT2D eigenvalue weighted by Crippen LogP contribution is 2.21. The Kier molecular flexibility index (Phi) is 4.48. The van der Waals surface area contributed by atoms with E-state index in [0.29, 0.717) is 25.6 Å². The van der Waals surface area contributed by atoms with Gasteiger partial charge in [0.25, 0.3) is 5.91 Å². The number of morpholine rings is 1. The van der Waals surface area contributed by atoms with E-state index in [2.05, 4.69) is 12.1 Å². The number of aryl methyl sites for hydroxylation is 3. The largest absolute Gasteiger partial charge is 0.377 e. The molecule has 0 spiro atoms. The number of carbonyl (C=O) groups is 1. The third-order valence-corrected chi connectivity index (χ3v) is 3.91. The van der Waals surface area contributed by atoms with Crippen LogP contribution in [0.25, 0.3) is 0 Å². The summed E-state index contributed by atoms with van der Waals surface area (Å²) in [6, 6.07) is 4.08. The van der Waals surface area contributed by atoms with Crippen molar-refractivity contribution in [2.24, 2.45) is 0 Å². The van der Waals surface area contributed by atoms with Crippen molar-refractivity contribution in [2.45, 2.75) is 26.8 Å². The number of ether oxygens (including phenoxy) is 1. The molecule has 1 unspecified atom stereocenters. The molecule has 1 saturated heterocycles. The summed E-state index contributed by atoms with van der Waals surface area (Å²) in [4.78, 5) is 14.6. The Morgan fingerprint density at radius 1 is 1.37 bits per heavy atom. The second-order valence-electron chi connectivity index (χ2n) is 5.16. The number of hydrogen-bond donors (Lipinski definition) is 0. The van der Waals surface area contributed by atoms with Crippen molar-refractivity contribution in [3.8, 4) is 0 Å². The van der Waals surface area contributed by atoms with Gasteiger partial charge in [0, 0.05) is 18.0 Å². The molecule has 3 nitrogen and oxygen atoms in total. The van der Waals surface area contributed by atoms with Crippen LogP contribution >= 0.6 is 11.6 Å². The number of nitrogens with zero attached hydrogens (tertiary/aromatic N) is 1. The van der Waals surface area contributed by atoms with E-state index >= 15 is 0 Å². The molecule has 1 aliphatic heterocycles. The number of alkyl halides is 1. The number of rotatable bonds is 2. The normalized spacial score (nSPS) is 19.6. The van der Waals surface area contributed by atoms with Crippen molar-refractivity contribution < 1.29 is 9.53 Å². The van der Waals surface area contributed by atoms with Crippen LogP contribution in [0, 0.1) is 20.8 Å². The maximum Gasteiger partial charge on any atom is 0.254 e. The fourth-order valence-corrected chi connectivity index (χ4v) is 2.97. The summed E-state index contributed by atoms with van der Waals surface area (Å²) < 4.78 is 5.39. The van der Waals surface area contributed by atoms with Crippen LogP contribution in [0.2, 0.25) is 0 Å². The average molecular weight is 282 g/mol. The number of amides is 1. The minimum absolute atomic E-state index is 0.0250. The molecule has 1 amide bonds. The number of hydrogen-bond acceptors (Lipinski definition) is 2. The van der Waals surface area contributed by atoms with Crippen molar-refractivity contribution >= 4 is 17.5 Å². The molecule has 1 aromatic rings. The van der Waals surface area contributed by atoms with E-state index in [1.165, 1.54) is 5.56 Å². The Balaban J connectivity index is 2.33. The minimum atomic E-state index is -0.0250. The van der Waals surface area contributed by atoms with Crippen LogP contribution in [-0.2, 0) is 4.74 Å². The summed E-state index contributed by atoms with van der Waals surface area (Å²) in [5, 5.41) is 0. The van der Waals surface area contributed by atoms with Crippen molar-refractivity contribution in [2.75, 3.05) is 25.6 Å². The number of benzene rings is 1. The highest BCUT2D eigenvalue weighted by Gasteiger charge is 2.29. The van der Waals surface area contributed by atoms with Gasteiger partial charge in [0.1, 0.15) is 0 Å². The predicted molar refractivity (Wildman–Crippen MR) is 77.0 cm³/mol. The van der Waals surface area contributed by atoms with Gasteiger partial charge >= 0.3 is 0 Å². The lowest BCUT2D eigenvalue weighted by Gasteiger charge is -2.35. The van der Waals surface area contributed by atoms with Crippen LogP contribution < -0.4 is 0 Å². The van der Waals surface area contributed by atoms with E-state index in [-0.39, 0.29) is 11.9 Å². The van der Waals surface area contributed by atoms with Gasteiger partial charge in [-0.3, -0.25) is 4.79 Å². The van der Waals surface area contributed by atoms with Gasteiger partial charge in [0.05, 0.1) is 19.3 Å². The van der Waals surface area contributed by atoms with Gasteiger partial charge in [-0.25, -0.2) is 0 Å². The average Bonchev–Trinajstić information content (AvgIpc) is 2.37. The van der Waals surface area contributed by atoms with Gasteiger partial charge < -0.3 is 9.64 Å². The second-order valence-corrected chi connectivity index (χ2v) is 5.46. The molecule has 4 heteroatoms. The van der Waals surface area contributed by atoms with Crippen molar-refractivity contribution in [3.05, 3.63) is 34.4 Å². The highest BCUT2D eigenvalue weighted by molar-refractivity contribution is 6.18. The van der Waals surface area contributed by atoms with Crippen molar-refractivity contribution in [3.63, 3.8) is 0 Å². The summed E-state index contributed by atoms with van der Waals surface area (Å²) in [6.07, 6.45) is 0. The Morgan fingerprint density at radius 3 is 2.58 bits per heavy atom. The maximum atomic E-state index is 12.7. The van der Waals surface area contributed by atoms with Crippen LogP contribution in [0.1, 0.15) is 27.0 Å². The highest BCUT2D eigenvalue weighted by atomic mass is 35.5. The van der Waals surface area contributed by atoms with E-state index in [4.69, 9.17) is 16.3 Å². The molecular weight excluding hydrogens is 262 g/mol. The fourth-order valence-electron chi connectivity index (χ4n) is 2.71. The lowest BCUT2D eigenvalue weighted by molar-refractivity contribution is 0.00448. The smallest absolute Gasteiger partial charge is 0.254 e. The molecule has 0 aliphatic carbocycles. The van der Waals surface area contributed by atoms with E-state index in [9.17, 15) is 4.79 Å². The van der Waals surface area contributed by atoms with Gasteiger partial charge in [-0.05, 0) is 31.9 Å². The van der Waals surface area contributed by atoms with E-state index < -0.39 is 0 Å². The molecular formula is C15H20ClNO2. The fraction of sp³-hybridized carbons (Fsp3) is 0.533. The molecule has 1 fully saturated rings. The first-order valence-electron chi connectivity index (χ1n) is 6.57. The molecule has 0 bridgehead atoms. The third kappa shape index (κ3) is 2.93. The molecule has 104 valence electrons. The standard InChI is InChI=1S/C15H20ClNO2/c1-10-6-11(2)14(12(3)7-10)15(18)17-4-5-19-9-13(17)8-16/h6-7,13H,4-5,8-9H2,1-3H3. The lowest BCUT2D eigenvalue weighted by Crippen LogP contribution is -2.50. The zero-order valence-electron chi connectivity index (χ0n) is 11.7. The van der Waals surface area contributed by atoms with E-state index in [1.807, 2.05) is 25.7 Å². The molecule has 0 aromatic heterocycles. The van der Waals surface area contributed by atoms with Crippen molar-refractivity contribution in [1.29, 1.82) is 0 Å². The molecule has 2 rings (SSSR count). The first kappa shape index (κ1) is 14.4. The van der Waals surface area contributed by atoms with Crippen LogP contribution in [0.15, 0.2) is 12.1 Å². The zero-order valence-corrected chi connectivity index (χ0v) is 12.5. The summed E-state index contributed by atoms with van der Waals surface area (Å²) in [6.45, 7) is 7.75. The molecule has 1 aromatic carbocycles. The molecule has 0 saturated carbocycles. The van der Waals surface area contributed by atoms with Crippen LogP contribution in [0.5, 0.6) is 0 Å². The lowest BCUT2D eigenvalue weighted by atomic mass is 9.98. The maximum absolute atomic E-state index is 12.7. The topological polar surface area (TPSA) is 29.5 Å². The Labute approximate surface area is 119 Å². The summed E-state index contributed by atoms with van der Waals surface area (Å²) in [7, 11) is 0. The van der Waals surface area contributed by atoms with Gasteiger partial charge in [0.2, 0.25) is 0 Å². The molecule has 0 radical (unpaired) electrons. The monoisotopic (exact) mass is 281 g/mol. The van der Waals surface area contributed by atoms with Gasteiger partial charge in [0.15, 0.2) is 0 Å². The van der Waals surface area contributed by atoms with Gasteiger partial charge in [-0.15, -0.1) is 11.6 Å². The van der Waals surface area contributed by atoms with E-state index in [1.54, 1.807) is 0 Å². The molecule has 19 heavy (non-hydrogen) atoms. The van der Waals surface area contributed by atoms with Gasteiger partial charge in [-0.2, -0.15) is 0 Å². The van der Waals surface area contributed by atoms with Crippen LogP contribution in [-0.4, -0.2) is 42.5 Å². The quantitative estimate of drug-likeness (QED) is 0.780. The van der Waals surface area contributed by atoms with Gasteiger partial charge in [-0.1, -0.05) is 17.7 Å². The van der Waals surface area contributed by atoms with Crippen molar-refractivity contribution in [1.82, 2.24) is 4.90 Å². The Bertz CT molecular complexity index is 464. The van der Waals surface area contributed by atoms with Crippen LogP contribution in [0.4, 0.5) is 0 Å². The molecule has 1 atom stereocenters. The molecule has 1 heterocycles. The SMILES string of the molecule is Cc1cc(C)c(C(=O)N2CCOCC2CCl)c(C)c1. The first-order valence-corrected chi connectivity index (χ1v) is 7.10. The van der Waals surface area contributed by atoms with Crippen LogP contribution in [0.3, 0.4) is 0 Å². The summed E-state index contributed by atoms with van der Waals surface area (Å²) in [5.41, 5.74) is 4.05. The summed E-state index contributed by atoms with van der Waals surface area (Å²) in [5.74, 6) is 0.485. The molecule has 1 aliphatic rings. The number of halogens is 1. The Morgan fingerprint density at radius 2 is 2.00 bits per heavy atom. The third-order valence-electron chi connectivity index (χ3n) is 3.56. The number of carbonyl (C=O) groups excluding carboxylic acids is 1. The summed E-state index contributed by atoms with van der Waals surface area (Å²) >= 11 is 5.94. The first-order chi connectivity index (χ1) is 9.04. The Hall–Kier alpha value is -1.06. The second kappa shape index (κ2) is 5.93. The molecule has 0 N–H and O–H groups in total. The predicted octanol–water partition coefficient (Wildman–Crippen LogP) is 2.69. The zero-order chi connectivity index (χ0) is 14.0. The van der Waals surface area contributed by atoms with E-state index in [0.717, 1.165) is 16.7 Å². The minimum Gasteiger partial charge on any atom is -0.377 e.